The molecule has 5 amide bonds. The van der Waals surface area contributed by atoms with Crippen LogP contribution in [0.1, 0.15) is 91.4 Å². The van der Waals surface area contributed by atoms with Gasteiger partial charge in [0.1, 0.15) is 18.1 Å². The van der Waals surface area contributed by atoms with Gasteiger partial charge in [0.2, 0.25) is 23.6 Å². The van der Waals surface area contributed by atoms with E-state index in [1.165, 1.54) is 24.5 Å². The van der Waals surface area contributed by atoms with E-state index in [9.17, 15) is 29.2 Å². The molecule has 266 valence electrons. The number of pyridine rings is 1. The fourth-order valence-corrected chi connectivity index (χ4v) is 5.01. The van der Waals surface area contributed by atoms with Crippen LogP contribution in [0.15, 0.2) is 24.5 Å². The number of amides is 5. The zero-order chi connectivity index (χ0) is 35.7. The fraction of sp³-hybridized carbons (Fsp3) is 0.697. The molecule has 0 fully saturated rings. The number of carbonyl (C=O) groups excluding carboxylic acids is 5. The maximum absolute atomic E-state index is 13.6. The standard InChI is InChI=1S/C33H58N8O6/c1-9-12-25(38-33(46)28(22(8)10-2)40-29(42)23-13-15-41(47)16-14-23)30(43)37-24(17-20(4)5)19-36-26(18-34)31(44)39-27(21(6)7)32(45)35-11-3/h13-16,20-22,24-28,36H,9-12,17-19,34H2,1-8H3,(H,35,45)(H,37,43)(H,38,46)(H,39,44)(H,40,42)/t22-,24-,25-,26-,27-,28-/m0/s1. The smallest absolute Gasteiger partial charge is 0.252 e. The molecule has 0 aliphatic carbocycles. The third-order valence-electron chi connectivity index (χ3n) is 7.92. The van der Waals surface area contributed by atoms with Gasteiger partial charge in [-0.05, 0) is 37.5 Å². The molecule has 8 N–H and O–H groups in total. The Morgan fingerprint density at radius 2 is 1.43 bits per heavy atom. The number of nitrogens with two attached hydrogens (primary N) is 1. The molecular formula is C33H58N8O6. The summed E-state index contributed by atoms with van der Waals surface area (Å²) < 4.78 is 0.563. The highest BCUT2D eigenvalue weighted by molar-refractivity contribution is 5.98. The van der Waals surface area contributed by atoms with Crippen LogP contribution in [-0.2, 0) is 19.2 Å². The van der Waals surface area contributed by atoms with Crippen LogP contribution in [0, 0.1) is 23.0 Å². The highest BCUT2D eigenvalue weighted by atomic mass is 16.5. The van der Waals surface area contributed by atoms with Crippen LogP contribution in [-0.4, -0.2) is 79.4 Å². The molecule has 0 aliphatic rings. The molecule has 1 aromatic heterocycles. The van der Waals surface area contributed by atoms with Gasteiger partial charge in [-0.15, -0.1) is 0 Å². The van der Waals surface area contributed by atoms with Gasteiger partial charge in [-0.25, -0.2) is 0 Å². The molecule has 0 radical (unpaired) electrons. The molecule has 0 bridgehead atoms. The Kier molecular flexibility index (Phi) is 18.6. The topological polar surface area (TPSA) is 210 Å². The predicted molar refractivity (Wildman–Crippen MR) is 181 cm³/mol. The summed E-state index contributed by atoms with van der Waals surface area (Å²) in [6, 6.07) is -0.943. The van der Waals surface area contributed by atoms with Gasteiger partial charge in [0.05, 0.1) is 11.6 Å². The first-order chi connectivity index (χ1) is 22.2. The van der Waals surface area contributed by atoms with Crippen molar-refractivity contribution in [3.8, 4) is 0 Å². The zero-order valence-electron chi connectivity index (χ0n) is 29.4. The largest absolute Gasteiger partial charge is 0.619 e. The van der Waals surface area contributed by atoms with Crippen molar-refractivity contribution in [2.45, 2.75) is 111 Å². The molecular weight excluding hydrogens is 604 g/mol. The number of rotatable bonds is 21. The van der Waals surface area contributed by atoms with Gasteiger partial charge in [0.25, 0.3) is 5.91 Å². The van der Waals surface area contributed by atoms with Crippen LogP contribution in [0.25, 0.3) is 0 Å². The Balaban J connectivity index is 3.03. The molecule has 1 aromatic rings. The Hall–Kier alpha value is -3.78. The van der Waals surface area contributed by atoms with Crippen molar-refractivity contribution in [1.29, 1.82) is 0 Å². The van der Waals surface area contributed by atoms with Crippen LogP contribution >= 0.6 is 0 Å². The van der Waals surface area contributed by atoms with Crippen molar-refractivity contribution in [3.05, 3.63) is 35.3 Å². The molecule has 14 nitrogen and oxygen atoms in total. The van der Waals surface area contributed by atoms with Gasteiger partial charge < -0.3 is 42.8 Å². The maximum atomic E-state index is 13.6. The molecule has 47 heavy (non-hydrogen) atoms. The van der Waals surface area contributed by atoms with Crippen molar-refractivity contribution in [2.75, 3.05) is 19.6 Å². The first kappa shape index (κ1) is 41.2. The average molecular weight is 663 g/mol. The first-order valence-electron chi connectivity index (χ1n) is 16.8. The second kappa shape index (κ2) is 21.2. The number of hydrogen-bond donors (Lipinski definition) is 7. The number of likely N-dealkylation sites (N-methyl/N-ethyl adjacent to an activating group) is 1. The molecule has 1 rings (SSSR count). The van der Waals surface area contributed by atoms with Gasteiger partial charge in [-0.3, -0.25) is 24.0 Å². The van der Waals surface area contributed by atoms with Gasteiger partial charge in [0.15, 0.2) is 12.4 Å². The highest BCUT2D eigenvalue weighted by Gasteiger charge is 2.32. The lowest BCUT2D eigenvalue weighted by atomic mass is 9.97. The number of carbonyl (C=O) groups is 5. The van der Waals surface area contributed by atoms with E-state index in [0.29, 0.717) is 37.0 Å². The number of aromatic nitrogens is 1. The van der Waals surface area contributed by atoms with Crippen molar-refractivity contribution < 1.29 is 28.7 Å². The predicted octanol–water partition coefficient (Wildman–Crippen LogP) is 0.474. The van der Waals surface area contributed by atoms with E-state index in [1.807, 2.05) is 48.5 Å². The van der Waals surface area contributed by atoms with Crippen LogP contribution in [0.5, 0.6) is 0 Å². The minimum absolute atomic E-state index is 0.0223. The summed E-state index contributed by atoms with van der Waals surface area (Å²) in [5.74, 6) is -2.23. The number of nitrogens with zero attached hydrogens (tertiary/aromatic N) is 1. The Morgan fingerprint density at radius 1 is 0.809 bits per heavy atom. The van der Waals surface area contributed by atoms with Crippen LogP contribution < -0.4 is 42.4 Å². The Morgan fingerprint density at radius 3 is 1.94 bits per heavy atom. The first-order valence-corrected chi connectivity index (χ1v) is 16.8. The van der Waals surface area contributed by atoms with Crippen molar-refractivity contribution in [3.63, 3.8) is 0 Å². The summed E-state index contributed by atoms with van der Waals surface area (Å²) in [7, 11) is 0. The maximum Gasteiger partial charge on any atom is 0.252 e. The van der Waals surface area contributed by atoms with E-state index in [4.69, 9.17) is 5.73 Å². The van der Waals surface area contributed by atoms with Crippen molar-refractivity contribution >= 4 is 29.5 Å². The van der Waals surface area contributed by atoms with E-state index in [1.54, 1.807) is 6.92 Å². The molecule has 0 saturated heterocycles. The summed E-state index contributed by atoms with van der Waals surface area (Å²) in [5.41, 5.74) is 6.17. The van der Waals surface area contributed by atoms with Crippen LogP contribution in [0.3, 0.4) is 0 Å². The lowest BCUT2D eigenvalue weighted by Crippen LogP contribution is -2.59. The lowest BCUT2D eigenvalue weighted by molar-refractivity contribution is -0.605. The summed E-state index contributed by atoms with van der Waals surface area (Å²) >= 11 is 0. The van der Waals surface area contributed by atoms with E-state index >= 15 is 0 Å². The summed E-state index contributed by atoms with van der Waals surface area (Å²) in [4.78, 5) is 65.5. The quantitative estimate of drug-likeness (QED) is 0.0725. The number of nitrogens with one attached hydrogen (secondary N) is 6. The minimum atomic E-state index is -0.912. The normalized spacial score (nSPS) is 15.1. The van der Waals surface area contributed by atoms with Crippen molar-refractivity contribution in [1.82, 2.24) is 31.9 Å². The molecule has 14 heteroatoms. The van der Waals surface area contributed by atoms with Crippen LogP contribution in [0.2, 0.25) is 0 Å². The summed E-state index contributed by atoms with van der Waals surface area (Å²) in [6.07, 6.45) is 4.57. The van der Waals surface area contributed by atoms with Crippen molar-refractivity contribution in [2.24, 2.45) is 23.5 Å². The molecule has 0 saturated carbocycles. The monoisotopic (exact) mass is 662 g/mol. The SMILES string of the molecule is CCC[C@H](NC(=O)[C@@H](NC(=O)c1cc[n+]([O-])cc1)[C@@H](C)CC)C(=O)N[C@H](CN[C@@H](CN)C(=O)N[C@H](C(=O)NCC)C(C)C)CC(C)C. The second-order valence-electron chi connectivity index (χ2n) is 12.8. The molecule has 1 heterocycles. The molecule has 0 aromatic carbocycles. The van der Waals surface area contributed by atoms with Gasteiger partial charge in [-0.1, -0.05) is 61.3 Å². The van der Waals surface area contributed by atoms with E-state index in [2.05, 4.69) is 31.9 Å². The zero-order valence-corrected chi connectivity index (χ0v) is 29.4. The summed E-state index contributed by atoms with van der Waals surface area (Å²) in [5, 5.41) is 28.7. The second-order valence-corrected chi connectivity index (χ2v) is 12.8. The van der Waals surface area contributed by atoms with Crippen LogP contribution in [0.4, 0.5) is 0 Å². The Labute approximate surface area is 279 Å². The summed E-state index contributed by atoms with van der Waals surface area (Å²) in [6.45, 7) is 15.8. The van der Waals surface area contributed by atoms with E-state index < -0.39 is 47.9 Å². The van der Waals surface area contributed by atoms with E-state index in [-0.39, 0.29) is 48.2 Å². The molecule has 0 spiro atoms. The molecule has 0 aliphatic heterocycles. The average Bonchev–Trinajstić information content (AvgIpc) is 3.01. The number of hydrogen-bond acceptors (Lipinski definition) is 8. The third-order valence-corrected chi connectivity index (χ3v) is 7.92. The van der Waals surface area contributed by atoms with Gasteiger partial charge in [0, 0.05) is 37.8 Å². The minimum Gasteiger partial charge on any atom is -0.619 e. The van der Waals surface area contributed by atoms with Gasteiger partial charge >= 0.3 is 0 Å². The molecule has 0 unspecified atom stereocenters. The van der Waals surface area contributed by atoms with E-state index in [0.717, 1.165) is 0 Å². The highest BCUT2D eigenvalue weighted by Crippen LogP contribution is 2.12. The Bertz CT molecular complexity index is 1150. The molecule has 6 atom stereocenters. The van der Waals surface area contributed by atoms with Gasteiger partial charge in [-0.2, -0.15) is 4.73 Å². The lowest BCUT2D eigenvalue weighted by Gasteiger charge is -2.29. The fourth-order valence-electron chi connectivity index (χ4n) is 5.01. The third kappa shape index (κ3) is 14.3.